The minimum atomic E-state index is -0.0518. The number of aromatic nitrogens is 4. The molecule has 1 fully saturated rings. The van der Waals surface area contributed by atoms with Crippen LogP contribution in [-0.4, -0.2) is 50.0 Å². The van der Waals surface area contributed by atoms with Crippen molar-refractivity contribution in [3.63, 3.8) is 0 Å². The van der Waals surface area contributed by atoms with Crippen molar-refractivity contribution in [1.29, 1.82) is 0 Å². The Kier molecular flexibility index (Phi) is 6.17. The Labute approximate surface area is 174 Å². The molecular formula is C19H22Cl2N6O. The molecule has 1 aliphatic heterocycles. The minimum Gasteiger partial charge on any atom is -0.333 e. The Bertz CT molecular complexity index is 1010. The summed E-state index contributed by atoms with van der Waals surface area (Å²) in [6, 6.07) is 9.56. The highest BCUT2D eigenvalue weighted by Gasteiger charge is 2.28. The molecule has 0 bridgehead atoms. The maximum Gasteiger partial charge on any atom is 0.252 e. The number of nitrogens with one attached hydrogen (secondary N) is 1. The molecule has 7 nitrogen and oxygen atoms in total. The third-order valence-corrected chi connectivity index (χ3v) is 5.00. The van der Waals surface area contributed by atoms with Gasteiger partial charge in [-0.15, -0.1) is 17.5 Å². The van der Waals surface area contributed by atoms with E-state index in [2.05, 4.69) is 20.4 Å². The van der Waals surface area contributed by atoms with Gasteiger partial charge in [0.1, 0.15) is 0 Å². The van der Waals surface area contributed by atoms with Crippen LogP contribution < -0.4 is 5.32 Å². The van der Waals surface area contributed by atoms with Gasteiger partial charge in [-0.2, -0.15) is 4.98 Å². The smallest absolute Gasteiger partial charge is 0.252 e. The number of halogens is 2. The van der Waals surface area contributed by atoms with E-state index < -0.39 is 0 Å². The lowest BCUT2D eigenvalue weighted by molar-refractivity contribution is -0.133. The van der Waals surface area contributed by atoms with Gasteiger partial charge in [0, 0.05) is 36.0 Å². The predicted octanol–water partition coefficient (Wildman–Crippen LogP) is 2.53. The van der Waals surface area contributed by atoms with Gasteiger partial charge >= 0.3 is 0 Å². The Hall–Kier alpha value is -2.22. The number of nitrogens with zero attached hydrogens (tertiary/aromatic N) is 5. The Balaban J connectivity index is 0.00000225. The van der Waals surface area contributed by atoms with Crippen LogP contribution in [0.2, 0.25) is 5.02 Å². The van der Waals surface area contributed by atoms with E-state index in [4.69, 9.17) is 11.6 Å². The van der Waals surface area contributed by atoms with Crippen LogP contribution in [0.5, 0.6) is 0 Å². The topological polar surface area (TPSA) is 75.4 Å². The first kappa shape index (κ1) is 20.5. The van der Waals surface area contributed by atoms with Crippen LogP contribution in [0.1, 0.15) is 28.8 Å². The van der Waals surface area contributed by atoms with Gasteiger partial charge in [0.15, 0.2) is 5.82 Å². The summed E-state index contributed by atoms with van der Waals surface area (Å²) in [5.74, 6) is 1.03. The van der Waals surface area contributed by atoms with E-state index in [1.54, 1.807) is 4.52 Å². The monoisotopic (exact) mass is 420 g/mol. The molecule has 9 heteroatoms. The van der Waals surface area contributed by atoms with Crippen LogP contribution in [0.4, 0.5) is 0 Å². The van der Waals surface area contributed by atoms with Crippen LogP contribution >= 0.6 is 24.0 Å². The highest BCUT2D eigenvalue weighted by molar-refractivity contribution is 6.30. The lowest BCUT2D eigenvalue weighted by Crippen LogP contribution is -2.49. The van der Waals surface area contributed by atoms with Crippen molar-refractivity contribution < 1.29 is 4.79 Å². The third-order valence-electron chi connectivity index (χ3n) is 4.77. The molecule has 1 amide bonds. The van der Waals surface area contributed by atoms with Gasteiger partial charge in [-0.25, -0.2) is 9.50 Å². The SMILES string of the molecule is Cc1cc(C)n2nc(CC(=O)N3CCNCC3c3cccc(Cl)c3)nc2n1.Cl. The van der Waals surface area contributed by atoms with Crippen molar-refractivity contribution in [2.24, 2.45) is 0 Å². The predicted molar refractivity (Wildman–Crippen MR) is 110 cm³/mol. The van der Waals surface area contributed by atoms with Gasteiger partial charge in [0.25, 0.3) is 5.78 Å². The number of amides is 1. The summed E-state index contributed by atoms with van der Waals surface area (Å²) >= 11 is 6.14. The molecule has 2 aromatic heterocycles. The second-order valence-electron chi connectivity index (χ2n) is 6.82. The summed E-state index contributed by atoms with van der Waals surface area (Å²) in [7, 11) is 0. The van der Waals surface area contributed by atoms with Gasteiger partial charge in [-0.05, 0) is 37.6 Å². The van der Waals surface area contributed by atoms with E-state index in [1.165, 1.54) is 0 Å². The number of hydrogen-bond donors (Lipinski definition) is 1. The average molecular weight is 421 g/mol. The molecule has 3 heterocycles. The molecule has 0 radical (unpaired) electrons. The zero-order chi connectivity index (χ0) is 19.0. The van der Waals surface area contributed by atoms with Gasteiger partial charge in [0.05, 0.1) is 12.5 Å². The largest absolute Gasteiger partial charge is 0.333 e. The fourth-order valence-corrected chi connectivity index (χ4v) is 3.73. The molecule has 1 saturated heterocycles. The Morgan fingerprint density at radius 1 is 1.29 bits per heavy atom. The van der Waals surface area contributed by atoms with Crippen LogP contribution in [0.15, 0.2) is 30.3 Å². The minimum absolute atomic E-state index is 0. The van der Waals surface area contributed by atoms with Crippen molar-refractivity contribution >= 4 is 35.7 Å². The molecule has 0 saturated carbocycles. The lowest BCUT2D eigenvalue weighted by atomic mass is 10.0. The maximum atomic E-state index is 13.0. The zero-order valence-corrected chi connectivity index (χ0v) is 17.3. The third kappa shape index (κ3) is 4.11. The summed E-state index contributed by atoms with van der Waals surface area (Å²) in [5.41, 5.74) is 2.86. The van der Waals surface area contributed by atoms with Gasteiger partial charge in [-0.3, -0.25) is 4.79 Å². The summed E-state index contributed by atoms with van der Waals surface area (Å²) in [5, 5.41) is 8.48. The standard InChI is InChI=1S/C19H21ClN6O.ClH/c1-12-8-13(2)26-19(22-12)23-17(24-26)10-18(27)25-7-6-21-11-16(25)14-4-3-5-15(20)9-14;/h3-5,8-9,16,21H,6-7,10-11H2,1-2H3;1H. The number of piperazine rings is 1. The normalized spacial score (nSPS) is 16.8. The molecule has 1 aliphatic rings. The number of fused-ring (bicyclic) bond motifs is 1. The van der Waals surface area contributed by atoms with Crippen LogP contribution in [0.3, 0.4) is 0 Å². The molecule has 1 N–H and O–H groups in total. The van der Waals surface area contributed by atoms with Gasteiger partial charge in [0.2, 0.25) is 5.91 Å². The average Bonchev–Trinajstić information content (AvgIpc) is 3.04. The molecule has 0 aliphatic carbocycles. The fraction of sp³-hybridized carbons (Fsp3) is 0.368. The molecule has 28 heavy (non-hydrogen) atoms. The van der Waals surface area contributed by atoms with Gasteiger partial charge in [-0.1, -0.05) is 23.7 Å². The van der Waals surface area contributed by atoms with Crippen molar-refractivity contribution in [3.05, 3.63) is 58.1 Å². The molecule has 1 aromatic carbocycles. The van der Waals surface area contributed by atoms with Crippen LogP contribution in [0.25, 0.3) is 5.78 Å². The first-order valence-electron chi connectivity index (χ1n) is 8.97. The van der Waals surface area contributed by atoms with E-state index in [9.17, 15) is 4.79 Å². The second kappa shape index (κ2) is 8.43. The zero-order valence-electron chi connectivity index (χ0n) is 15.7. The van der Waals surface area contributed by atoms with Crippen molar-refractivity contribution in [2.75, 3.05) is 19.6 Å². The van der Waals surface area contributed by atoms with Crippen molar-refractivity contribution in [1.82, 2.24) is 29.8 Å². The number of benzene rings is 1. The second-order valence-corrected chi connectivity index (χ2v) is 7.25. The Morgan fingerprint density at radius 3 is 2.89 bits per heavy atom. The molecular weight excluding hydrogens is 399 g/mol. The highest BCUT2D eigenvalue weighted by Crippen LogP contribution is 2.25. The Morgan fingerprint density at radius 2 is 2.11 bits per heavy atom. The van der Waals surface area contributed by atoms with E-state index in [0.29, 0.717) is 29.7 Å². The number of carbonyl (C=O) groups excluding carboxylic acids is 1. The molecule has 148 valence electrons. The fourth-order valence-electron chi connectivity index (χ4n) is 3.53. The first-order valence-corrected chi connectivity index (χ1v) is 9.34. The first-order chi connectivity index (χ1) is 13.0. The molecule has 1 atom stereocenters. The quantitative estimate of drug-likeness (QED) is 0.704. The van der Waals surface area contributed by atoms with E-state index >= 15 is 0 Å². The van der Waals surface area contributed by atoms with E-state index in [-0.39, 0.29) is 30.8 Å². The van der Waals surface area contributed by atoms with Crippen LogP contribution in [0, 0.1) is 13.8 Å². The number of rotatable bonds is 3. The van der Waals surface area contributed by atoms with E-state index in [0.717, 1.165) is 23.5 Å². The van der Waals surface area contributed by atoms with Crippen LogP contribution in [-0.2, 0) is 11.2 Å². The molecule has 1 unspecified atom stereocenters. The maximum absolute atomic E-state index is 13.0. The molecule has 0 spiro atoms. The number of aryl methyl sites for hydroxylation is 2. The highest BCUT2D eigenvalue weighted by atomic mass is 35.5. The van der Waals surface area contributed by atoms with E-state index in [1.807, 2.05) is 49.1 Å². The molecule has 3 aromatic rings. The number of hydrogen-bond acceptors (Lipinski definition) is 5. The summed E-state index contributed by atoms with van der Waals surface area (Å²) in [6.45, 7) is 5.97. The summed E-state index contributed by atoms with van der Waals surface area (Å²) < 4.78 is 1.68. The number of carbonyl (C=O) groups is 1. The molecule has 4 rings (SSSR count). The lowest BCUT2D eigenvalue weighted by Gasteiger charge is -2.36. The van der Waals surface area contributed by atoms with Crippen molar-refractivity contribution in [2.45, 2.75) is 26.3 Å². The van der Waals surface area contributed by atoms with Crippen molar-refractivity contribution in [3.8, 4) is 0 Å². The summed E-state index contributed by atoms with van der Waals surface area (Å²) in [4.78, 5) is 23.7. The van der Waals surface area contributed by atoms with Gasteiger partial charge < -0.3 is 10.2 Å². The summed E-state index contributed by atoms with van der Waals surface area (Å²) in [6.07, 6.45) is 0.152.